The maximum atomic E-state index is 12.4. The topological polar surface area (TPSA) is 100 Å². The van der Waals surface area contributed by atoms with Crippen molar-refractivity contribution in [2.24, 2.45) is 0 Å². The molecular weight excluding hydrogens is 332 g/mol. The van der Waals surface area contributed by atoms with Crippen molar-refractivity contribution in [3.63, 3.8) is 0 Å². The first-order valence-electron chi connectivity index (χ1n) is 8.12. The van der Waals surface area contributed by atoms with Gasteiger partial charge in [-0.05, 0) is 51.1 Å². The van der Waals surface area contributed by atoms with Crippen LogP contribution in [0.4, 0.5) is 11.4 Å². The normalized spacial score (nSPS) is 10.8. The van der Waals surface area contributed by atoms with E-state index in [0.29, 0.717) is 11.4 Å². The van der Waals surface area contributed by atoms with Crippen molar-refractivity contribution in [2.45, 2.75) is 33.2 Å². The lowest BCUT2D eigenvalue weighted by atomic mass is 10.1. The van der Waals surface area contributed by atoms with Crippen LogP contribution in [-0.4, -0.2) is 28.2 Å². The Kier molecular flexibility index (Phi) is 5.71. The molecule has 0 unspecified atom stereocenters. The molecule has 1 aromatic carbocycles. The molecule has 0 aliphatic rings. The van der Waals surface area contributed by atoms with E-state index in [9.17, 15) is 14.4 Å². The Morgan fingerprint density at radius 3 is 1.96 bits per heavy atom. The van der Waals surface area contributed by atoms with Crippen molar-refractivity contribution in [1.82, 2.24) is 10.3 Å². The summed E-state index contributed by atoms with van der Waals surface area (Å²) in [6.07, 6.45) is 0. The molecule has 3 N–H and O–H groups in total. The molecule has 0 saturated heterocycles. The highest BCUT2D eigenvalue weighted by Gasteiger charge is 2.18. The van der Waals surface area contributed by atoms with E-state index in [1.807, 2.05) is 20.8 Å². The Hall–Kier alpha value is -3.22. The summed E-state index contributed by atoms with van der Waals surface area (Å²) in [6.45, 7) is 7.00. The van der Waals surface area contributed by atoms with E-state index in [0.717, 1.165) is 0 Å². The lowest BCUT2D eigenvalue weighted by molar-refractivity contribution is -0.114. The van der Waals surface area contributed by atoms with Gasteiger partial charge in [0.15, 0.2) is 0 Å². The Bertz CT molecular complexity index is 841. The van der Waals surface area contributed by atoms with Crippen LogP contribution in [0.25, 0.3) is 0 Å². The van der Waals surface area contributed by atoms with E-state index in [1.54, 1.807) is 36.4 Å². The highest BCUT2D eigenvalue weighted by molar-refractivity contribution is 6.04. The molecule has 136 valence electrons. The quantitative estimate of drug-likeness (QED) is 0.786. The fourth-order valence-electron chi connectivity index (χ4n) is 2.17. The number of hydrogen-bond donors (Lipinski definition) is 3. The van der Waals surface area contributed by atoms with Crippen LogP contribution in [0.15, 0.2) is 42.5 Å². The molecule has 0 aliphatic heterocycles. The molecule has 0 saturated carbocycles. The number of benzene rings is 1. The van der Waals surface area contributed by atoms with Crippen LogP contribution < -0.4 is 16.0 Å². The predicted octanol–water partition coefficient (Wildman–Crippen LogP) is 2.82. The number of nitrogens with zero attached hydrogens (tertiary/aromatic N) is 1. The zero-order valence-electron chi connectivity index (χ0n) is 15.2. The van der Waals surface area contributed by atoms with Crippen molar-refractivity contribution in [3.8, 4) is 0 Å². The van der Waals surface area contributed by atoms with Crippen LogP contribution in [-0.2, 0) is 4.79 Å². The number of rotatable bonds is 4. The highest BCUT2D eigenvalue weighted by atomic mass is 16.2. The molecule has 0 fully saturated rings. The summed E-state index contributed by atoms with van der Waals surface area (Å²) in [4.78, 5) is 39.9. The minimum absolute atomic E-state index is 0.122. The number of pyridine rings is 1. The van der Waals surface area contributed by atoms with Crippen molar-refractivity contribution in [2.75, 3.05) is 10.6 Å². The third kappa shape index (κ3) is 5.70. The Balaban J connectivity index is 2.14. The lowest BCUT2D eigenvalue weighted by Gasteiger charge is -2.20. The smallest absolute Gasteiger partial charge is 0.274 e. The van der Waals surface area contributed by atoms with E-state index >= 15 is 0 Å². The SMILES string of the molecule is CC(=O)Nc1cccc(NC(=O)c2cccc(C(=O)NC(C)(C)C)n2)c1. The maximum absolute atomic E-state index is 12.4. The first-order chi connectivity index (χ1) is 12.1. The minimum atomic E-state index is -0.449. The molecule has 0 radical (unpaired) electrons. The van der Waals surface area contributed by atoms with E-state index in [-0.39, 0.29) is 23.2 Å². The van der Waals surface area contributed by atoms with Crippen molar-refractivity contribution < 1.29 is 14.4 Å². The first kappa shape index (κ1) is 19.1. The molecule has 26 heavy (non-hydrogen) atoms. The van der Waals surface area contributed by atoms with Gasteiger partial charge in [-0.3, -0.25) is 14.4 Å². The largest absolute Gasteiger partial charge is 0.346 e. The van der Waals surface area contributed by atoms with Gasteiger partial charge in [0, 0.05) is 23.8 Å². The summed E-state index contributed by atoms with van der Waals surface area (Å²) < 4.78 is 0. The molecule has 2 aromatic rings. The van der Waals surface area contributed by atoms with Gasteiger partial charge in [0.1, 0.15) is 11.4 Å². The molecule has 7 nitrogen and oxygen atoms in total. The van der Waals surface area contributed by atoms with Crippen molar-refractivity contribution >= 4 is 29.1 Å². The fraction of sp³-hybridized carbons (Fsp3) is 0.263. The molecule has 0 bridgehead atoms. The summed E-state index contributed by atoms with van der Waals surface area (Å²) in [6, 6.07) is 11.4. The van der Waals surface area contributed by atoms with Gasteiger partial charge in [-0.1, -0.05) is 12.1 Å². The summed E-state index contributed by atoms with van der Waals surface area (Å²) in [5.74, 6) is -0.997. The van der Waals surface area contributed by atoms with Crippen LogP contribution in [0.1, 0.15) is 48.7 Å². The second-order valence-electron chi connectivity index (χ2n) is 6.83. The zero-order chi connectivity index (χ0) is 19.3. The Morgan fingerprint density at radius 2 is 1.38 bits per heavy atom. The summed E-state index contributed by atoms with van der Waals surface area (Å²) in [7, 11) is 0. The molecule has 0 aliphatic carbocycles. The van der Waals surface area contributed by atoms with E-state index < -0.39 is 11.4 Å². The molecule has 1 heterocycles. The monoisotopic (exact) mass is 354 g/mol. The van der Waals surface area contributed by atoms with Crippen molar-refractivity contribution in [3.05, 3.63) is 53.9 Å². The average molecular weight is 354 g/mol. The highest BCUT2D eigenvalue weighted by Crippen LogP contribution is 2.16. The fourth-order valence-corrected chi connectivity index (χ4v) is 2.17. The predicted molar refractivity (Wildman–Crippen MR) is 100 cm³/mol. The second kappa shape index (κ2) is 7.77. The van der Waals surface area contributed by atoms with E-state index in [4.69, 9.17) is 0 Å². The third-order valence-electron chi connectivity index (χ3n) is 3.14. The molecule has 3 amide bonds. The summed E-state index contributed by atoms with van der Waals surface area (Å²) in [5, 5.41) is 8.15. The molecular formula is C19H22N4O3. The molecule has 0 spiro atoms. The number of hydrogen-bond acceptors (Lipinski definition) is 4. The van der Waals surface area contributed by atoms with Crippen LogP contribution in [0.5, 0.6) is 0 Å². The number of anilines is 2. The number of nitrogens with one attached hydrogen (secondary N) is 3. The number of carbonyl (C=O) groups excluding carboxylic acids is 3. The maximum Gasteiger partial charge on any atom is 0.274 e. The van der Waals surface area contributed by atoms with Gasteiger partial charge in [-0.2, -0.15) is 0 Å². The molecule has 2 rings (SSSR count). The average Bonchev–Trinajstić information content (AvgIpc) is 2.53. The van der Waals surface area contributed by atoms with Gasteiger partial charge in [0.25, 0.3) is 11.8 Å². The summed E-state index contributed by atoms with van der Waals surface area (Å²) in [5.41, 5.74) is 0.964. The van der Waals surface area contributed by atoms with Gasteiger partial charge >= 0.3 is 0 Å². The van der Waals surface area contributed by atoms with Crippen LogP contribution in [0, 0.1) is 0 Å². The van der Waals surface area contributed by atoms with Gasteiger partial charge < -0.3 is 16.0 Å². The third-order valence-corrected chi connectivity index (χ3v) is 3.14. The van der Waals surface area contributed by atoms with E-state index in [2.05, 4.69) is 20.9 Å². The standard InChI is InChI=1S/C19H22N4O3/c1-12(24)20-13-7-5-8-14(11-13)21-17(25)15-9-6-10-16(22-15)18(26)23-19(2,3)4/h5-11H,1-4H3,(H,20,24)(H,21,25)(H,23,26). The van der Waals surface area contributed by atoms with Gasteiger partial charge in [0.05, 0.1) is 0 Å². The van der Waals surface area contributed by atoms with Gasteiger partial charge in [-0.25, -0.2) is 4.98 Å². The number of carbonyl (C=O) groups is 3. The second-order valence-corrected chi connectivity index (χ2v) is 6.83. The number of aromatic nitrogens is 1. The first-order valence-corrected chi connectivity index (χ1v) is 8.12. The molecule has 0 atom stereocenters. The van der Waals surface area contributed by atoms with Crippen LogP contribution >= 0.6 is 0 Å². The number of amides is 3. The van der Waals surface area contributed by atoms with Crippen LogP contribution in [0.2, 0.25) is 0 Å². The van der Waals surface area contributed by atoms with Gasteiger partial charge in [-0.15, -0.1) is 0 Å². The Morgan fingerprint density at radius 1 is 0.846 bits per heavy atom. The minimum Gasteiger partial charge on any atom is -0.346 e. The van der Waals surface area contributed by atoms with Gasteiger partial charge in [0.2, 0.25) is 5.91 Å². The zero-order valence-corrected chi connectivity index (χ0v) is 15.2. The summed E-state index contributed by atoms with van der Waals surface area (Å²) >= 11 is 0. The van der Waals surface area contributed by atoms with E-state index in [1.165, 1.54) is 13.0 Å². The lowest BCUT2D eigenvalue weighted by Crippen LogP contribution is -2.41. The Labute approximate surface area is 152 Å². The molecule has 1 aromatic heterocycles. The van der Waals surface area contributed by atoms with Crippen LogP contribution in [0.3, 0.4) is 0 Å². The molecule has 7 heteroatoms. The van der Waals surface area contributed by atoms with Crippen molar-refractivity contribution in [1.29, 1.82) is 0 Å².